The molecule has 1 fully saturated rings. The third-order valence-electron chi connectivity index (χ3n) is 3.66. The molecule has 0 bridgehead atoms. The molecule has 0 saturated carbocycles. The van der Waals surface area contributed by atoms with Gasteiger partial charge in [0, 0.05) is 25.6 Å². The average molecular weight is 292 g/mol. The van der Waals surface area contributed by atoms with Gasteiger partial charge >= 0.3 is 0 Å². The Bertz CT molecular complexity index is 557. The van der Waals surface area contributed by atoms with E-state index in [1.807, 2.05) is 26.0 Å². The maximum Gasteiger partial charge on any atom is 0.227 e. The highest BCUT2D eigenvalue weighted by Gasteiger charge is 2.31. The van der Waals surface area contributed by atoms with E-state index in [9.17, 15) is 9.59 Å². The van der Waals surface area contributed by atoms with Gasteiger partial charge in [0.1, 0.15) is 0 Å². The highest BCUT2D eigenvalue weighted by Crippen LogP contribution is 2.33. The molecule has 108 valence electrons. The molecule has 1 aliphatic heterocycles. The molecule has 0 spiro atoms. The number of hydrogen-bond donors (Lipinski definition) is 1. The van der Waals surface area contributed by atoms with Gasteiger partial charge in [0.25, 0.3) is 0 Å². The number of thioether (sulfide) groups is 1. The predicted molar refractivity (Wildman–Crippen MR) is 83.9 cm³/mol. The summed E-state index contributed by atoms with van der Waals surface area (Å²) in [6.45, 7) is 6.22. The van der Waals surface area contributed by atoms with Crippen molar-refractivity contribution in [1.29, 1.82) is 0 Å². The van der Waals surface area contributed by atoms with Gasteiger partial charge in [-0.05, 0) is 43.0 Å². The van der Waals surface area contributed by atoms with Crippen LogP contribution in [0.4, 0.5) is 11.4 Å². The molecule has 5 heteroatoms. The molecule has 2 N–H and O–H groups in total. The molecule has 1 amide bonds. The van der Waals surface area contributed by atoms with Crippen molar-refractivity contribution in [3.63, 3.8) is 0 Å². The zero-order valence-corrected chi connectivity index (χ0v) is 12.9. The fraction of sp³-hybridized carbons (Fsp3) is 0.467. The maximum absolute atomic E-state index is 12.2. The highest BCUT2D eigenvalue weighted by atomic mass is 32.2. The van der Waals surface area contributed by atoms with Crippen LogP contribution in [0, 0.1) is 19.8 Å². The van der Waals surface area contributed by atoms with Crippen LogP contribution < -0.4 is 10.6 Å². The number of hydrogen-bond acceptors (Lipinski definition) is 4. The van der Waals surface area contributed by atoms with Crippen molar-refractivity contribution in [2.45, 2.75) is 27.2 Å². The minimum atomic E-state index is 0.0918. The number of amides is 1. The van der Waals surface area contributed by atoms with Gasteiger partial charge in [-0.15, -0.1) is 0 Å². The van der Waals surface area contributed by atoms with Crippen LogP contribution in [0.2, 0.25) is 0 Å². The number of carbonyl (C=O) groups excluding carboxylic acids is 2. The van der Waals surface area contributed by atoms with Gasteiger partial charge < -0.3 is 10.6 Å². The van der Waals surface area contributed by atoms with E-state index in [4.69, 9.17) is 5.73 Å². The van der Waals surface area contributed by atoms with Crippen LogP contribution >= 0.6 is 11.8 Å². The van der Waals surface area contributed by atoms with Crippen molar-refractivity contribution < 1.29 is 9.59 Å². The summed E-state index contributed by atoms with van der Waals surface area (Å²) in [7, 11) is 0. The number of anilines is 2. The van der Waals surface area contributed by atoms with E-state index < -0.39 is 0 Å². The van der Waals surface area contributed by atoms with E-state index in [-0.39, 0.29) is 16.9 Å². The summed E-state index contributed by atoms with van der Waals surface area (Å²) in [6.07, 6.45) is 0.493. The quantitative estimate of drug-likeness (QED) is 0.870. The SMILES string of the molecule is CC(=O)SCC1CC(=O)N(c2cc(C)c(C)cc2N)C1. The van der Waals surface area contributed by atoms with Crippen LogP contribution in [0.5, 0.6) is 0 Å². The molecule has 1 aliphatic rings. The standard InChI is InChI=1S/C15H20N2O2S/c1-9-4-13(16)14(5-10(9)2)17-7-12(6-15(17)19)8-20-11(3)18/h4-5,12H,6-8,16H2,1-3H3. The minimum Gasteiger partial charge on any atom is -0.397 e. The second-order valence-corrected chi connectivity index (χ2v) is 6.57. The first-order valence-corrected chi connectivity index (χ1v) is 7.67. The number of aryl methyl sites for hydroxylation is 2. The van der Waals surface area contributed by atoms with Crippen LogP contribution in [-0.2, 0) is 9.59 Å². The zero-order valence-electron chi connectivity index (χ0n) is 12.1. The van der Waals surface area contributed by atoms with Crippen molar-refractivity contribution in [3.8, 4) is 0 Å². The normalized spacial score (nSPS) is 18.6. The first-order chi connectivity index (χ1) is 9.38. The fourth-order valence-corrected chi connectivity index (χ4v) is 3.11. The maximum atomic E-state index is 12.2. The van der Waals surface area contributed by atoms with Crippen molar-refractivity contribution >= 4 is 34.2 Å². The van der Waals surface area contributed by atoms with Crippen LogP contribution in [0.25, 0.3) is 0 Å². The van der Waals surface area contributed by atoms with Gasteiger partial charge in [-0.1, -0.05) is 11.8 Å². The lowest BCUT2D eigenvalue weighted by molar-refractivity contribution is -0.117. The minimum absolute atomic E-state index is 0.0918. The third-order valence-corrected chi connectivity index (χ3v) is 4.71. The molecule has 0 aromatic heterocycles. The smallest absolute Gasteiger partial charge is 0.227 e. The number of nitrogens with two attached hydrogens (primary N) is 1. The van der Waals surface area contributed by atoms with Gasteiger partial charge in [-0.2, -0.15) is 0 Å². The fourth-order valence-electron chi connectivity index (χ4n) is 2.42. The number of rotatable bonds is 3. The van der Waals surface area contributed by atoms with Gasteiger partial charge in [0.15, 0.2) is 5.12 Å². The summed E-state index contributed by atoms with van der Waals surface area (Å²) in [5.74, 6) is 1.01. The third kappa shape index (κ3) is 3.15. The lowest BCUT2D eigenvalue weighted by Crippen LogP contribution is -2.26. The molecule has 1 atom stereocenters. The zero-order chi connectivity index (χ0) is 14.9. The molecular formula is C15H20N2O2S. The second kappa shape index (κ2) is 5.87. The van der Waals surface area contributed by atoms with Gasteiger partial charge in [-0.3, -0.25) is 9.59 Å². The van der Waals surface area contributed by atoms with Crippen LogP contribution in [0.15, 0.2) is 12.1 Å². The van der Waals surface area contributed by atoms with Crippen molar-refractivity contribution in [1.82, 2.24) is 0 Å². The van der Waals surface area contributed by atoms with E-state index in [2.05, 4.69) is 0 Å². The van der Waals surface area contributed by atoms with E-state index in [0.29, 0.717) is 24.4 Å². The number of nitrogens with zero attached hydrogens (tertiary/aromatic N) is 1. The molecule has 1 aromatic rings. The molecular weight excluding hydrogens is 272 g/mol. The van der Waals surface area contributed by atoms with E-state index in [1.54, 1.807) is 11.8 Å². The van der Waals surface area contributed by atoms with Crippen molar-refractivity contribution in [3.05, 3.63) is 23.3 Å². The predicted octanol–water partition coefficient (Wildman–Crippen LogP) is 2.52. The number of carbonyl (C=O) groups is 2. The first kappa shape index (κ1) is 14.9. The summed E-state index contributed by atoms with van der Waals surface area (Å²) in [6, 6.07) is 3.89. The summed E-state index contributed by atoms with van der Waals surface area (Å²) in [5, 5.41) is 0.0987. The van der Waals surface area contributed by atoms with E-state index in [0.717, 1.165) is 16.8 Å². The Hall–Kier alpha value is -1.49. The Balaban J connectivity index is 2.16. The van der Waals surface area contributed by atoms with Gasteiger partial charge in [0.05, 0.1) is 11.4 Å². The Morgan fingerprint density at radius 1 is 1.40 bits per heavy atom. The van der Waals surface area contributed by atoms with Gasteiger partial charge in [-0.25, -0.2) is 0 Å². The molecule has 1 heterocycles. The first-order valence-electron chi connectivity index (χ1n) is 6.69. The van der Waals surface area contributed by atoms with Crippen LogP contribution in [0.1, 0.15) is 24.5 Å². The lowest BCUT2D eigenvalue weighted by atomic mass is 10.1. The summed E-state index contributed by atoms with van der Waals surface area (Å²) in [4.78, 5) is 24.9. The van der Waals surface area contributed by atoms with Crippen molar-refractivity contribution in [2.24, 2.45) is 5.92 Å². The molecule has 20 heavy (non-hydrogen) atoms. The molecule has 0 aliphatic carbocycles. The Morgan fingerprint density at radius 2 is 2.05 bits per heavy atom. The summed E-state index contributed by atoms with van der Waals surface area (Å²) < 4.78 is 0. The largest absolute Gasteiger partial charge is 0.397 e. The average Bonchev–Trinajstić information content (AvgIpc) is 2.72. The number of nitrogen functional groups attached to an aromatic ring is 1. The van der Waals surface area contributed by atoms with Crippen LogP contribution in [-0.4, -0.2) is 23.3 Å². The second-order valence-electron chi connectivity index (χ2n) is 5.37. The van der Waals surface area contributed by atoms with E-state index in [1.165, 1.54) is 11.8 Å². The highest BCUT2D eigenvalue weighted by molar-refractivity contribution is 8.13. The summed E-state index contributed by atoms with van der Waals surface area (Å²) >= 11 is 1.29. The molecule has 1 aromatic carbocycles. The lowest BCUT2D eigenvalue weighted by Gasteiger charge is -2.20. The molecule has 1 unspecified atom stereocenters. The topological polar surface area (TPSA) is 63.4 Å². The molecule has 4 nitrogen and oxygen atoms in total. The monoisotopic (exact) mass is 292 g/mol. The molecule has 2 rings (SSSR count). The summed E-state index contributed by atoms with van der Waals surface area (Å²) in [5.41, 5.74) is 9.74. The van der Waals surface area contributed by atoms with Crippen molar-refractivity contribution in [2.75, 3.05) is 22.9 Å². The van der Waals surface area contributed by atoms with E-state index >= 15 is 0 Å². The Morgan fingerprint density at radius 3 is 2.70 bits per heavy atom. The number of benzene rings is 1. The molecule has 1 saturated heterocycles. The Kier molecular flexibility index (Phi) is 4.38. The van der Waals surface area contributed by atoms with Gasteiger partial charge in [0.2, 0.25) is 5.91 Å². The Labute approximate surface area is 123 Å². The van der Waals surface area contributed by atoms with Crippen LogP contribution in [0.3, 0.4) is 0 Å². The molecule has 0 radical (unpaired) electrons.